The number of nitrogens with two attached hydrogens (primary N) is 1. The molecule has 0 fully saturated rings. The van der Waals surface area contributed by atoms with E-state index >= 15 is 0 Å². The summed E-state index contributed by atoms with van der Waals surface area (Å²) in [5.41, 5.74) is 11.4. The van der Waals surface area contributed by atoms with E-state index in [0.29, 0.717) is 23.0 Å². The molecule has 28 heavy (non-hydrogen) atoms. The van der Waals surface area contributed by atoms with Gasteiger partial charge in [-0.25, -0.2) is 15.0 Å². The summed E-state index contributed by atoms with van der Waals surface area (Å²) in [6, 6.07) is 16.8. The molecule has 1 aliphatic rings. The average molecular weight is 385 g/mol. The highest BCUT2D eigenvalue weighted by atomic mass is 32.2. The monoisotopic (exact) mass is 385 g/mol. The number of allylic oxidation sites excluding steroid dienone is 1. The van der Waals surface area contributed by atoms with E-state index < -0.39 is 0 Å². The van der Waals surface area contributed by atoms with Crippen LogP contribution in [-0.4, -0.2) is 19.5 Å². The van der Waals surface area contributed by atoms with Crippen molar-refractivity contribution in [1.82, 2.24) is 19.5 Å². The van der Waals surface area contributed by atoms with Crippen LogP contribution in [-0.2, 0) is 13.0 Å². The van der Waals surface area contributed by atoms with E-state index in [0.717, 1.165) is 23.4 Å². The van der Waals surface area contributed by atoms with Crippen LogP contribution in [0.15, 0.2) is 71.0 Å². The van der Waals surface area contributed by atoms with Gasteiger partial charge in [0.05, 0.1) is 12.9 Å². The second kappa shape index (κ2) is 7.13. The Morgan fingerprint density at radius 2 is 1.96 bits per heavy atom. The zero-order chi connectivity index (χ0) is 18.9. The van der Waals surface area contributed by atoms with Gasteiger partial charge in [-0.2, -0.15) is 0 Å². The molecular formula is C22H19N5S. The maximum Gasteiger partial charge on any atom is 0.196 e. The number of aryl methyl sites for hydroxylation is 1. The molecule has 5 nitrogen and oxygen atoms in total. The molecule has 2 N–H and O–H groups in total. The Balaban J connectivity index is 1.48. The molecule has 0 saturated carbocycles. The van der Waals surface area contributed by atoms with E-state index in [1.54, 1.807) is 6.33 Å². The third-order valence-corrected chi connectivity index (χ3v) is 5.73. The molecular weight excluding hydrogens is 366 g/mol. The first kappa shape index (κ1) is 17.0. The van der Waals surface area contributed by atoms with Crippen molar-refractivity contribution in [2.75, 3.05) is 5.73 Å². The SMILES string of the molecule is Nc1nc(Sc2ccc3c(c2)C=CCC3)nc2c1ncn2Cc1ccccc1. The van der Waals surface area contributed by atoms with E-state index in [2.05, 4.69) is 52.5 Å². The minimum Gasteiger partial charge on any atom is -0.382 e. The third-order valence-electron chi connectivity index (χ3n) is 4.87. The molecule has 2 aromatic carbocycles. The van der Waals surface area contributed by atoms with Crippen molar-refractivity contribution in [1.29, 1.82) is 0 Å². The molecule has 0 saturated heterocycles. The van der Waals surface area contributed by atoms with Gasteiger partial charge in [0.1, 0.15) is 5.52 Å². The molecule has 5 rings (SSSR count). The zero-order valence-electron chi connectivity index (χ0n) is 15.2. The number of imidazole rings is 1. The molecule has 2 heterocycles. The Labute approximate surface area is 167 Å². The van der Waals surface area contributed by atoms with E-state index in [1.165, 1.54) is 28.5 Å². The Morgan fingerprint density at radius 3 is 2.86 bits per heavy atom. The highest BCUT2D eigenvalue weighted by molar-refractivity contribution is 7.99. The van der Waals surface area contributed by atoms with Crippen LogP contribution in [0.5, 0.6) is 0 Å². The lowest BCUT2D eigenvalue weighted by Crippen LogP contribution is -2.02. The molecule has 4 aromatic rings. The molecule has 2 aromatic heterocycles. The predicted octanol–water partition coefficient (Wildman–Crippen LogP) is 4.57. The quantitative estimate of drug-likeness (QED) is 0.521. The lowest BCUT2D eigenvalue weighted by Gasteiger charge is -2.11. The van der Waals surface area contributed by atoms with Crippen molar-refractivity contribution in [3.8, 4) is 0 Å². The van der Waals surface area contributed by atoms with E-state index in [1.807, 2.05) is 22.8 Å². The number of nitrogens with zero attached hydrogens (tertiary/aromatic N) is 4. The van der Waals surface area contributed by atoms with Crippen LogP contribution in [0.4, 0.5) is 5.82 Å². The molecule has 0 spiro atoms. The number of aromatic nitrogens is 4. The second-order valence-electron chi connectivity index (χ2n) is 6.83. The molecule has 0 aliphatic heterocycles. The topological polar surface area (TPSA) is 69.6 Å². The highest BCUT2D eigenvalue weighted by Gasteiger charge is 2.13. The van der Waals surface area contributed by atoms with Crippen LogP contribution in [0.1, 0.15) is 23.1 Å². The van der Waals surface area contributed by atoms with Crippen molar-refractivity contribution in [3.05, 3.63) is 77.6 Å². The Bertz CT molecular complexity index is 1180. The average Bonchev–Trinajstić information content (AvgIpc) is 3.12. The lowest BCUT2D eigenvalue weighted by molar-refractivity contribution is 0.804. The first-order chi connectivity index (χ1) is 13.8. The second-order valence-corrected chi connectivity index (χ2v) is 7.87. The number of rotatable bonds is 4. The summed E-state index contributed by atoms with van der Waals surface area (Å²) < 4.78 is 2.02. The molecule has 138 valence electrons. The molecule has 0 atom stereocenters. The van der Waals surface area contributed by atoms with E-state index in [4.69, 9.17) is 10.7 Å². The number of nitrogen functional groups attached to an aromatic ring is 1. The van der Waals surface area contributed by atoms with Gasteiger partial charge in [-0.05, 0) is 53.4 Å². The summed E-state index contributed by atoms with van der Waals surface area (Å²) in [5.74, 6) is 0.414. The molecule has 0 radical (unpaired) electrons. The number of anilines is 1. The van der Waals surface area contributed by atoms with Crippen LogP contribution in [0.25, 0.3) is 17.2 Å². The summed E-state index contributed by atoms with van der Waals surface area (Å²) in [4.78, 5) is 14.7. The van der Waals surface area contributed by atoms with Crippen LogP contribution < -0.4 is 5.73 Å². The number of hydrogen-bond acceptors (Lipinski definition) is 5. The van der Waals surface area contributed by atoms with Crippen molar-refractivity contribution >= 4 is 34.8 Å². The largest absolute Gasteiger partial charge is 0.382 e. The van der Waals surface area contributed by atoms with Crippen LogP contribution in [0.3, 0.4) is 0 Å². The fourth-order valence-corrected chi connectivity index (χ4v) is 4.27. The summed E-state index contributed by atoms with van der Waals surface area (Å²) in [6.07, 6.45) is 8.41. The minimum absolute atomic E-state index is 0.414. The normalized spacial score (nSPS) is 13.0. The fraction of sp³-hybridized carbons (Fsp3) is 0.136. The van der Waals surface area contributed by atoms with Gasteiger partial charge < -0.3 is 10.3 Å². The number of hydrogen-bond donors (Lipinski definition) is 1. The van der Waals surface area contributed by atoms with Crippen LogP contribution >= 0.6 is 11.8 Å². The molecule has 0 bridgehead atoms. The number of benzene rings is 2. The molecule has 1 aliphatic carbocycles. The molecule has 6 heteroatoms. The van der Waals surface area contributed by atoms with E-state index in [9.17, 15) is 0 Å². The Morgan fingerprint density at radius 1 is 1.07 bits per heavy atom. The van der Waals surface area contributed by atoms with Gasteiger partial charge in [-0.3, -0.25) is 0 Å². The number of fused-ring (bicyclic) bond motifs is 2. The summed E-state index contributed by atoms with van der Waals surface area (Å²) in [5, 5.41) is 0.638. The standard InChI is InChI=1S/C22H19N5S/c23-20-19-21(27(14-24-19)13-15-6-2-1-3-7-15)26-22(25-20)28-18-11-10-16-8-4-5-9-17(16)12-18/h1-3,5-7,9-12,14H,4,8,13H2,(H2,23,25,26). The lowest BCUT2D eigenvalue weighted by atomic mass is 9.98. The van der Waals surface area contributed by atoms with Crippen molar-refractivity contribution in [2.45, 2.75) is 29.4 Å². The third kappa shape index (κ3) is 3.27. The Kier molecular flexibility index (Phi) is 4.33. The van der Waals surface area contributed by atoms with Gasteiger partial charge >= 0.3 is 0 Å². The van der Waals surface area contributed by atoms with Gasteiger partial charge in [0, 0.05) is 4.90 Å². The molecule has 0 unspecified atom stereocenters. The first-order valence-corrected chi connectivity index (χ1v) is 10.1. The smallest absolute Gasteiger partial charge is 0.196 e. The predicted molar refractivity (Wildman–Crippen MR) is 113 cm³/mol. The van der Waals surface area contributed by atoms with Gasteiger partial charge in [-0.15, -0.1) is 0 Å². The van der Waals surface area contributed by atoms with Gasteiger partial charge in [-0.1, -0.05) is 48.6 Å². The molecule has 0 amide bonds. The maximum atomic E-state index is 6.18. The van der Waals surface area contributed by atoms with Crippen molar-refractivity contribution in [2.24, 2.45) is 0 Å². The minimum atomic E-state index is 0.414. The summed E-state index contributed by atoms with van der Waals surface area (Å²) in [7, 11) is 0. The van der Waals surface area contributed by atoms with Gasteiger partial charge in [0.25, 0.3) is 0 Å². The maximum absolute atomic E-state index is 6.18. The zero-order valence-corrected chi connectivity index (χ0v) is 16.1. The van der Waals surface area contributed by atoms with Crippen LogP contribution in [0.2, 0.25) is 0 Å². The highest BCUT2D eigenvalue weighted by Crippen LogP contribution is 2.31. The van der Waals surface area contributed by atoms with Gasteiger partial charge in [0.15, 0.2) is 16.6 Å². The fourth-order valence-electron chi connectivity index (χ4n) is 3.46. The van der Waals surface area contributed by atoms with E-state index in [-0.39, 0.29) is 0 Å². The first-order valence-electron chi connectivity index (χ1n) is 9.26. The Hall–Kier alpha value is -3.12. The van der Waals surface area contributed by atoms with Crippen LogP contribution in [0, 0.1) is 0 Å². The summed E-state index contributed by atoms with van der Waals surface area (Å²) >= 11 is 1.53. The van der Waals surface area contributed by atoms with Crippen molar-refractivity contribution in [3.63, 3.8) is 0 Å². The van der Waals surface area contributed by atoms with Crippen molar-refractivity contribution < 1.29 is 0 Å². The summed E-state index contributed by atoms with van der Waals surface area (Å²) in [6.45, 7) is 0.696. The van der Waals surface area contributed by atoms with Gasteiger partial charge in [0.2, 0.25) is 0 Å².